The number of primary amides is 1. The SMILES string of the molecule is CC(=O)NC(CNCC(C)(C)C(N)=O)C(=O)O. The van der Waals surface area contributed by atoms with Crippen molar-refractivity contribution in [2.45, 2.75) is 26.8 Å². The Labute approximate surface area is 99.7 Å². The average Bonchev–Trinajstić information content (AvgIpc) is 2.14. The van der Waals surface area contributed by atoms with E-state index in [2.05, 4.69) is 10.6 Å². The highest BCUT2D eigenvalue weighted by Gasteiger charge is 2.25. The Bertz CT molecular complexity index is 315. The van der Waals surface area contributed by atoms with Crippen LogP contribution in [0.5, 0.6) is 0 Å². The predicted octanol–water partition coefficient (Wildman–Crippen LogP) is -1.32. The van der Waals surface area contributed by atoms with E-state index in [4.69, 9.17) is 10.8 Å². The highest BCUT2D eigenvalue weighted by Crippen LogP contribution is 2.11. The van der Waals surface area contributed by atoms with Gasteiger partial charge in [0.25, 0.3) is 0 Å². The maximum absolute atomic E-state index is 11.0. The lowest BCUT2D eigenvalue weighted by Crippen LogP contribution is -2.49. The maximum Gasteiger partial charge on any atom is 0.327 e. The molecule has 0 spiro atoms. The zero-order chi connectivity index (χ0) is 13.6. The summed E-state index contributed by atoms with van der Waals surface area (Å²) in [5.41, 5.74) is 4.40. The number of nitrogens with one attached hydrogen (secondary N) is 2. The zero-order valence-electron chi connectivity index (χ0n) is 10.2. The lowest BCUT2D eigenvalue weighted by Gasteiger charge is -2.22. The van der Waals surface area contributed by atoms with Crippen molar-refractivity contribution in [3.8, 4) is 0 Å². The third-order valence-corrected chi connectivity index (χ3v) is 2.26. The third-order valence-electron chi connectivity index (χ3n) is 2.26. The molecule has 17 heavy (non-hydrogen) atoms. The number of hydrogen-bond acceptors (Lipinski definition) is 4. The van der Waals surface area contributed by atoms with Gasteiger partial charge in [0.1, 0.15) is 6.04 Å². The molecule has 0 aliphatic carbocycles. The quantitative estimate of drug-likeness (QED) is 0.443. The van der Waals surface area contributed by atoms with Crippen molar-refractivity contribution in [3.05, 3.63) is 0 Å². The number of aliphatic carboxylic acids is 1. The Balaban J connectivity index is 4.20. The van der Waals surface area contributed by atoms with E-state index in [1.165, 1.54) is 6.92 Å². The molecular formula is C10H19N3O4. The van der Waals surface area contributed by atoms with E-state index in [0.29, 0.717) is 0 Å². The van der Waals surface area contributed by atoms with Crippen molar-refractivity contribution < 1.29 is 19.5 Å². The number of carbonyl (C=O) groups excluding carboxylic acids is 2. The van der Waals surface area contributed by atoms with E-state index in [1.54, 1.807) is 13.8 Å². The Morgan fingerprint density at radius 1 is 1.35 bits per heavy atom. The summed E-state index contributed by atoms with van der Waals surface area (Å²) >= 11 is 0. The normalized spacial score (nSPS) is 12.9. The molecule has 0 aliphatic heterocycles. The Hall–Kier alpha value is -1.63. The third kappa shape index (κ3) is 5.86. The van der Waals surface area contributed by atoms with Gasteiger partial charge in [-0.05, 0) is 13.8 Å². The Morgan fingerprint density at radius 2 is 1.88 bits per heavy atom. The van der Waals surface area contributed by atoms with E-state index < -0.39 is 29.2 Å². The van der Waals surface area contributed by atoms with Crippen LogP contribution in [0.2, 0.25) is 0 Å². The highest BCUT2D eigenvalue weighted by atomic mass is 16.4. The predicted molar refractivity (Wildman–Crippen MR) is 61.1 cm³/mol. The molecule has 98 valence electrons. The Kier molecular flexibility index (Phi) is 5.60. The number of amides is 2. The smallest absolute Gasteiger partial charge is 0.327 e. The lowest BCUT2D eigenvalue weighted by atomic mass is 9.93. The van der Waals surface area contributed by atoms with Gasteiger partial charge in [0.05, 0.1) is 5.41 Å². The summed E-state index contributed by atoms with van der Waals surface area (Å²) in [4.78, 5) is 32.5. The van der Waals surface area contributed by atoms with Gasteiger partial charge in [-0.2, -0.15) is 0 Å². The summed E-state index contributed by atoms with van der Waals surface area (Å²) in [7, 11) is 0. The first kappa shape index (κ1) is 15.4. The summed E-state index contributed by atoms with van der Waals surface area (Å²) in [6, 6.07) is -1.02. The molecular weight excluding hydrogens is 226 g/mol. The van der Waals surface area contributed by atoms with Gasteiger partial charge in [-0.3, -0.25) is 9.59 Å². The van der Waals surface area contributed by atoms with Gasteiger partial charge in [-0.15, -0.1) is 0 Å². The van der Waals surface area contributed by atoms with Crippen LogP contribution < -0.4 is 16.4 Å². The number of hydrogen-bond donors (Lipinski definition) is 4. The summed E-state index contributed by atoms with van der Waals surface area (Å²) in [5.74, 6) is -2.03. The van der Waals surface area contributed by atoms with E-state index >= 15 is 0 Å². The van der Waals surface area contributed by atoms with Crippen molar-refractivity contribution in [1.82, 2.24) is 10.6 Å². The van der Waals surface area contributed by atoms with E-state index in [1.807, 2.05) is 0 Å². The van der Waals surface area contributed by atoms with Crippen LogP contribution in [0.4, 0.5) is 0 Å². The van der Waals surface area contributed by atoms with Gasteiger partial charge in [-0.1, -0.05) is 0 Å². The fourth-order valence-electron chi connectivity index (χ4n) is 1.06. The number of carbonyl (C=O) groups is 3. The van der Waals surface area contributed by atoms with Crippen LogP contribution in [0, 0.1) is 5.41 Å². The van der Waals surface area contributed by atoms with Crippen LogP contribution in [0.1, 0.15) is 20.8 Å². The standard InChI is InChI=1S/C10H19N3O4/c1-6(14)13-7(8(15)16)4-12-5-10(2,3)9(11)17/h7,12H,4-5H2,1-3H3,(H2,11,17)(H,13,14)(H,15,16). The van der Waals surface area contributed by atoms with Gasteiger partial charge in [0.15, 0.2) is 0 Å². The van der Waals surface area contributed by atoms with Crippen molar-refractivity contribution in [2.24, 2.45) is 11.1 Å². The molecule has 0 radical (unpaired) electrons. The summed E-state index contributed by atoms with van der Waals surface area (Å²) in [5, 5.41) is 13.9. The minimum absolute atomic E-state index is 0.0334. The van der Waals surface area contributed by atoms with E-state index in [0.717, 1.165) is 0 Å². The summed E-state index contributed by atoms with van der Waals surface area (Å²) in [6.45, 7) is 4.81. The van der Waals surface area contributed by atoms with E-state index in [9.17, 15) is 14.4 Å². The molecule has 1 unspecified atom stereocenters. The molecule has 0 aromatic rings. The zero-order valence-corrected chi connectivity index (χ0v) is 10.2. The molecule has 0 aliphatic rings. The van der Waals surface area contributed by atoms with Gasteiger partial charge in [0, 0.05) is 20.0 Å². The summed E-state index contributed by atoms with van der Waals surface area (Å²) < 4.78 is 0. The molecule has 7 heteroatoms. The molecule has 0 saturated heterocycles. The molecule has 0 heterocycles. The number of carboxylic acids is 1. The highest BCUT2D eigenvalue weighted by molar-refractivity contribution is 5.82. The molecule has 0 aromatic carbocycles. The van der Waals surface area contributed by atoms with Crippen molar-refractivity contribution in [3.63, 3.8) is 0 Å². The largest absolute Gasteiger partial charge is 0.480 e. The molecule has 0 saturated carbocycles. The minimum Gasteiger partial charge on any atom is -0.480 e. The van der Waals surface area contributed by atoms with Crippen molar-refractivity contribution in [1.29, 1.82) is 0 Å². The minimum atomic E-state index is -1.13. The molecule has 0 aromatic heterocycles. The molecule has 5 N–H and O–H groups in total. The Morgan fingerprint density at radius 3 is 2.24 bits per heavy atom. The monoisotopic (exact) mass is 245 g/mol. The first-order valence-corrected chi connectivity index (χ1v) is 5.17. The molecule has 0 bridgehead atoms. The molecule has 1 atom stereocenters. The average molecular weight is 245 g/mol. The van der Waals surface area contributed by atoms with Crippen molar-refractivity contribution in [2.75, 3.05) is 13.1 Å². The summed E-state index contributed by atoms with van der Waals surface area (Å²) in [6.07, 6.45) is 0. The first-order chi connectivity index (χ1) is 7.66. The first-order valence-electron chi connectivity index (χ1n) is 5.17. The van der Waals surface area contributed by atoms with Gasteiger partial charge in [0.2, 0.25) is 11.8 Å². The molecule has 0 rings (SSSR count). The van der Waals surface area contributed by atoms with Gasteiger partial charge in [-0.25, -0.2) is 4.79 Å². The fraction of sp³-hybridized carbons (Fsp3) is 0.700. The number of carboxylic acid groups (broad SMARTS) is 1. The topological polar surface area (TPSA) is 122 Å². The second kappa shape index (κ2) is 6.19. The maximum atomic E-state index is 11.0. The van der Waals surface area contributed by atoms with Crippen LogP contribution in [0.15, 0.2) is 0 Å². The number of rotatable bonds is 7. The van der Waals surface area contributed by atoms with E-state index in [-0.39, 0.29) is 13.1 Å². The van der Waals surface area contributed by atoms with Gasteiger partial charge < -0.3 is 21.5 Å². The van der Waals surface area contributed by atoms with Gasteiger partial charge >= 0.3 is 5.97 Å². The fourth-order valence-corrected chi connectivity index (χ4v) is 1.06. The molecule has 0 fully saturated rings. The number of nitrogens with two attached hydrogens (primary N) is 1. The second-order valence-corrected chi connectivity index (χ2v) is 4.47. The van der Waals surface area contributed by atoms with Crippen LogP contribution in [0.25, 0.3) is 0 Å². The van der Waals surface area contributed by atoms with Crippen LogP contribution in [-0.4, -0.2) is 42.0 Å². The van der Waals surface area contributed by atoms with Crippen LogP contribution in [-0.2, 0) is 14.4 Å². The lowest BCUT2D eigenvalue weighted by molar-refractivity contribution is -0.141. The molecule has 7 nitrogen and oxygen atoms in total. The van der Waals surface area contributed by atoms with Crippen molar-refractivity contribution >= 4 is 17.8 Å². The second-order valence-electron chi connectivity index (χ2n) is 4.47. The van der Waals surface area contributed by atoms with Crippen LogP contribution >= 0.6 is 0 Å². The van der Waals surface area contributed by atoms with Crippen LogP contribution in [0.3, 0.4) is 0 Å². The molecule has 2 amide bonds.